The fourth-order valence-corrected chi connectivity index (χ4v) is 3.29. The van der Waals surface area contributed by atoms with Gasteiger partial charge < -0.3 is 9.64 Å². The van der Waals surface area contributed by atoms with E-state index < -0.39 is 0 Å². The molecule has 1 amide bonds. The van der Waals surface area contributed by atoms with Crippen LogP contribution in [0.1, 0.15) is 40.8 Å². The van der Waals surface area contributed by atoms with Crippen LogP contribution in [0, 0.1) is 6.92 Å². The number of nitrogens with zero attached hydrogens (tertiary/aromatic N) is 5. The number of hydrogen-bond acceptors (Lipinski definition) is 6. The lowest BCUT2D eigenvalue weighted by Crippen LogP contribution is -2.31. The van der Waals surface area contributed by atoms with E-state index in [0.717, 1.165) is 18.5 Å². The third-order valence-corrected chi connectivity index (χ3v) is 4.77. The normalized spacial score (nSPS) is 16.2. The molecule has 8 heteroatoms. The van der Waals surface area contributed by atoms with Crippen LogP contribution in [0.3, 0.4) is 0 Å². The fraction of sp³-hybridized carbons (Fsp3) is 0.250. The number of halogens is 1. The summed E-state index contributed by atoms with van der Waals surface area (Å²) in [6.07, 6.45) is 8.03. The zero-order valence-corrected chi connectivity index (χ0v) is 16.0. The molecule has 142 valence electrons. The number of amides is 1. The molecule has 1 aliphatic heterocycles. The summed E-state index contributed by atoms with van der Waals surface area (Å²) in [7, 11) is 0. The molecule has 0 spiro atoms. The van der Waals surface area contributed by atoms with Crippen LogP contribution < -0.4 is 4.74 Å². The highest BCUT2D eigenvalue weighted by Crippen LogP contribution is 2.32. The largest absolute Gasteiger partial charge is 0.437 e. The topological polar surface area (TPSA) is 81.1 Å². The number of aromatic nitrogens is 4. The quantitative estimate of drug-likeness (QED) is 0.664. The molecule has 1 aromatic carbocycles. The summed E-state index contributed by atoms with van der Waals surface area (Å²) in [6.45, 7) is 2.48. The lowest BCUT2D eigenvalue weighted by atomic mass is 10.1. The minimum absolute atomic E-state index is 0.152. The maximum absolute atomic E-state index is 12.9. The van der Waals surface area contributed by atoms with Crippen molar-refractivity contribution in [2.45, 2.75) is 25.8 Å². The van der Waals surface area contributed by atoms with E-state index in [-0.39, 0.29) is 11.9 Å². The number of ether oxygens (including phenoxy) is 1. The highest BCUT2D eigenvalue weighted by molar-refractivity contribution is 6.30. The van der Waals surface area contributed by atoms with Gasteiger partial charge in [0.2, 0.25) is 5.88 Å². The van der Waals surface area contributed by atoms with Crippen molar-refractivity contribution in [3.63, 3.8) is 0 Å². The number of likely N-dealkylation sites (tertiary alicyclic amines) is 1. The first-order valence-corrected chi connectivity index (χ1v) is 9.33. The lowest BCUT2D eigenvalue weighted by Gasteiger charge is -2.23. The zero-order valence-electron chi connectivity index (χ0n) is 15.2. The molecular formula is C20H18ClN5O2. The first-order chi connectivity index (χ1) is 13.6. The van der Waals surface area contributed by atoms with Gasteiger partial charge in [-0.05, 0) is 44.0 Å². The Morgan fingerprint density at radius 2 is 1.96 bits per heavy atom. The minimum Gasteiger partial charge on any atom is -0.437 e. The molecule has 4 rings (SSSR count). The molecule has 0 unspecified atom stereocenters. The monoisotopic (exact) mass is 395 g/mol. The molecule has 0 radical (unpaired) electrons. The van der Waals surface area contributed by atoms with Crippen molar-refractivity contribution in [2.75, 3.05) is 6.54 Å². The van der Waals surface area contributed by atoms with E-state index in [1.807, 2.05) is 6.92 Å². The molecule has 7 nitrogen and oxygen atoms in total. The van der Waals surface area contributed by atoms with Gasteiger partial charge in [-0.2, -0.15) is 0 Å². The molecular weight excluding hydrogens is 378 g/mol. The molecule has 3 aromatic rings. The van der Waals surface area contributed by atoms with E-state index in [2.05, 4.69) is 19.9 Å². The Kier molecular flexibility index (Phi) is 5.16. The maximum atomic E-state index is 12.9. The molecule has 0 saturated carbocycles. The average molecular weight is 396 g/mol. The van der Waals surface area contributed by atoms with Gasteiger partial charge in [0, 0.05) is 17.8 Å². The van der Waals surface area contributed by atoms with Crippen LogP contribution in [-0.4, -0.2) is 37.3 Å². The van der Waals surface area contributed by atoms with Crippen LogP contribution >= 0.6 is 11.6 Å². The minimum atomic E-state index is -0.170. The van der Waals surface area contributed by atoms with E-state index in [9.17, 15) is 4.79 Å². The zero-order chi connectivity index (χ0) is 19.5. The van der Waals surface area contributed by atoms with E-state index in [0.29, 0.717) is 34.6 Å². The summed E-state index contributed by atoms with van der Waals surface area (Å²) < 4.78 is 5.77. The molecule has 1 saturated heterocycles. The van der Waals surface area contributed by atoms with Crippen LogP contribution in [0.15, 0.2) is 49.1 Å². The summed E-state index contributed by atoms with van der Waals surface area (Å²) in [4.78, 5) is 31.8. The second-order valence-corrected chi connectivity index (χ2v) is 6.97. The Labute approximate surface area is 167 Å². The van der Waals surface area contributed by atoms with Crippen molar-refractivity contribution in [1.29, 1.82) is 0 Å². The Balaban J connectivity index is 1.55. The van der Waals surface area contributed by atoms with Gasteiger partial charge in [0.25, 0.3) is 5.91 Å². The molecule has 1 atom stereocenters. The van der Waals surface area contributed by atoms with E-state index in [1.165, 1.54) is 6.20 Å². The van der Waals surface area contributed by atoms with Crippen molar-refractivity contribution in [1.82, 2.24) is 24.8 Å². The second-order valence-electron chi connectivity index (χ2n) is 6.54. The summed E-state index contributed by atoms with van der Waals surface area (Å²) in [6, 6.07) is 6.84. The summed E-state index contributed by atoms with van der Waals surface area (Å²) in [5.41, 5.74) is 1.80. The van der Waals surface area contributed by atoms with Crippen LogP contribution in [0.25, 0.3) is 0 Å². The molecule has 28 heavy (non-hydrogen) atoms. The number of carbonyl (C=O) groups is 1. The van der Waals surface area contributed by atoms with Gasteiger partial charge in [-0.1, -0.05) is 11.6 Å². The Bertz CT molecular complexity index is 979. The fourth-order valence-electron chi connectivity index (χ4n) is 3.16. The Hall–Kier alpha value is -3.06. The van der Waals surface area contributed by atoms with Gasteiger partial charge in [0.15, 0.2) is 0 Å². The first kappa shape index (κ1) is 18.3. The van der Waals surface area contributed by atoms with Gasteiger partial charge in [-0.15, -0.1) is 0 Å². The van der Waals surface area contributed by atoms with E-state index in [1.54, 1.807) is 47.8 Å². The van der Waals surface area contributed by atoms with Gasteiger partial charge in [0.1, 0.15) is 11.4 Å². The smallest absolute Gasteiger partial charge is 0.274 e. The third-order valence-electron chi connectivity index (χ3n) is 4.52. The Morgan fingerprint density at radius 3 is 2.71 bits per heavy atom. The van der Waals surface area contributed by atoms with Gasteiger partial charge in [-0.3, -0.25) is 14.8 Å². The molecule has 3 heterocycles. The molecule has 1 fully saturated rings. The molecule has 0 bridgehead atoms. The summed E-state index contributed by atoms with van der Waals surface area (Å²) >= 11 is 5.90. The van der Waals surface area contributed by atoms with Crippen LogP contribution in [0.4, 0.5) is 0 Å². The van der Waals surface area contributed by atoms with Gasteiger partial charge in [0.05, 0.1) is 36.0 Å². The molecule has 0 aliphatic carbocycles. The number of carbonyl (C=O) groups excluding carboxylic acids is 1. The second kappa shape index (κ2) is 7.90. The highest BCUT2D eigenvalue weighted by Gasteiger charge is 2.32. The number of aryl methyl sites for hydroxylation is 1. The summed E-state index contributed by atoms with van der Waals surface area (Å²) in [5.74, 6) is 0.834. The van der Waals surface area contributed by atoms with E-state index >= 15 is 0 Å². The standard InChI is InChI=1S/C20H18ClN5O2/c1-13-9-24-17(11-23-13)20(27)26-8-2-3-18(26)16-10-22-12-19(25-16)28-15-6-4-14(21)5-7-15/h4-7,9-12,18H,2-3,8H2,1H3/t18-/m1/s1. The van der Waals surface area contributed by atoms with Crippen molar-refractivity contribution in [2.24, 2.45) is 0 Å². The molecule has 1 aliphatic rings. The summed E-state index contributed by atoms with van der Waals surface area (Å²) in [5, 5.41) is 0.631. The van der Waals surface area contributed by atoms with Crippen molar-refractivity contribution in [3.05, 3.63) is 71.2 Å². The SMILES string of the molecule is Cc1cnc(C(=O)N2CCC[C@@H]2c2cncc(Oc3ccc(Cl)cc3)n2)cn1. The van der Waals surface area contributed by atoms with Crippen LogP contribution in [0.2, 0.25) is 5.02 Å². The van der Waals surface area contributed by atoms with Gasteiger partial charge in [-0.25, -0.2) is 9.97 Å². The number of rotatable bonds is 4. The maximum Gasteiger partial charge on any atom is 0.274 e. The number of hydrogen-bond donors (Lipinski definition) is 0. The number of benzene rings is 1. The van der Waals surface area contributed by atoms with Crippen LogP contribution in [0.5, 0.6) is 11.6 Å². The lowest BCUT2D eigenvalue weighted by molar-refractivity contribution is 0.0725. The average Bonchev–Trinajstić information content (AvgIpc) is 3.20. The van der Waals surface area contributed by atoms with Crippen molar-refractivity contribution >= 4 is 17.5 Å². The Morgan fingerprint density at radius 1 is 1.14 bits per heavy atom. The van der Waals surface area contributed by atoms with Gasteiger partial charge >= 0.3 is 0 Å². The third kappa shape index (κ3) is 3.94. The predicted molar refractivity (Wildman–Crippen MR) is 103 cm³/mol. The molecule has 2 aromatic heterocycles. The van der Waals surface area contributed by atoms with Crippen molar-refractivity contribution < 1.29 is 9.53 Å². The first-order valence-electron chi connectivity index (χ1n) is 8.95. The predicted octanol–water partition coefficient (Wildman–Crippen LogP) is 4.00. The highest BCUT2D eigenvalue weighted by atomic mass is 35.5. The van der Waals surface area contributed by atoms with E-state index in [4.69, 9.17) is 16.3 Å². The van der Waals surface area contributed by atoms with Crippen molar-refractivity contribution in [3.8, 4) is 11.6 Å². The molecule has 0 N–H and O–H groups in total. The van der Waals surface area contributed by atoms with Crippen LogP contribution in [-0.2, 0) is 0 Å².